The van der Waals surface area contributed by atoms with Crippen LogP contribution in [-0.2, 0) is 4.79 Å². The Labute approximate surface area is 163 Å². The van der Waals surface area contributed by atoms with Crippen LogP contribution >= 0.6 is 11.8 Å². The molecule has 1 unspecified atom stereocenters. The first-order chi connectivity index (χ1) is 12.6. The largest absolute Gasteiger partial charge is 0.365 e. The molecular formula is C21H23FN2O2S. The lowest BCUT2D eigenvalue weighted by Crippen LogP contribution is -2.42. The minimum Gasteiger partial charge on any atom is -0.365 e. The van der Waals surface area contributed by atoms with Crippen molar-refractivity contribution in [2.45, 2.75) is 39.3 Å². The molecule has 0 aliphatic carbocycles. The number of thioether (sulfide) groups is 1. The van der Waals surface area contributed by atoms with Crippen LogP contribution in [0.4, 0.5) is 14.9 Å². The predicted molar refractivity (Wildman–Crippen MR) is 110 cm³/mol. The molecule has 2 amide bonds. The quantitative estimate of drug-likeness (QED) is 0.537. The third kappa shape index (κ3) is 3.23. The summed E-state index contributed by atoms with van der Waals surface area (Å²) in [6.45, 7) is 11.5. The molecule has 0 radical (unpaired) electrons. The number of nitrogens with zero attached hydrogens (tertiary/aromatic N) is 2. The summed E-state index contributed by atoms with van der Waals surface area (Å²) in [6.07, 6.45) is 5.13. The van der Waals surface area contributed by atoms with Gasteiger partial charge in [-0.1, -0.05) is 12.2 Å². The van der Waals surface area contributed by atoms with Gasteiger partial charge in [0.1, 0.15) is 5.82 Å². The standard InChI is InChI=1S/C21H23FN2O2S/c1-7-13(3)24-19(25)18(27-20(24)26)9-14-8-15-12(2)11-21(4,5)23(6)17(15)10-16(14)22/h7-11,13H,1H2,2-6H3/b18-9+. The first-order valence-corrected chi connectivity index (χ1v) is 9.55. The van der Waals surface area contributed by atoms with E-state index >= 15 is 0 Å². The van der Waals surface area contributed by atoms with Crippen LogP contribution in [0.3, 0.4) is 0 Å². The Morgan fingerprint density at radius 2 is 1.96 bits per heavy atom. The second-order valence-electron chi connectivity index (χ2n) is 7.46. The molecule has 0 saturated carbocycles. The van der Waals surface area contributed by atoms with E-state index in [0.717, 1.165) is 33.5 Å². The molecule has 2 aliphatic heterocycles. The van der Waals surface area contributed by atoms with Gasteiger partial charge in [0.15, 0.2) is 0 Å². The number of hydrogen-bond donors (Lipinski definition) is 0. The lowest BCUT2D eigenvalue weighted by atomic mass is 9.88. The maximum Gasteiger partial charge on any atom is 0.294 e. The molecule has 27 heavy (non-hydrogen) atoms. The summed E-state index contributed by atoms with van der Waals surface area (Å²) in [5.74, 6) is -0.838. The van der Waals surface area contributed by atoms with Gasteiger partial charge in [-0.3, -0.25) is 14.5 Å². The maximum atomic E-state index is 14.8. The molecule has 1 aromatic carbocycles. The third-order valence-corrected chi connectivity index (χ3v) is 6.08. The van der Waals surface area contributed by atoms with Gasteiger partial charge in [-0.05, 0) is 63.2 Å². The normalized spacial score (nSPS) is 21.4. The summed E-state index contributed by atoms with van der Waals surface area (Å²) in [6, 6.07) is 2.83. The van der Waals surface area contributed by atoms with Gasteiger partial charge >= 0.3 is 0 Å². The summed E-state index contributed by atoms with van der Waals surface area (Å²) < 4.78 is 14.8. The fourth-order valence-corrected chi connectivity index (χ4v) is 4.28. The Balaban J connectivity index is 2.04. The molecule has 0 aromatic heterocycles. The number of rotatable bonds is 3. The van der Waals surface area contributed by atoms with Crippen LogP contribution in [-0.4, -0.2) is 34.7 Å². The molecule has 6 heteroatoms. The van der Waals surface area contributed by atoms with Gasteiger partial charge in [-0.2, -0.15) is 0 Å². The number of imide groups is 1. The molecule has 142 valence electrons. The molecular weight excluding hydrogens is 363 g/mol. The van der Waals surface area contributed by atoms with Crippen molar-refractivity contribution in [3.63, 3.8) is 0 Å². The number of amides is 2. The average molecular weight is 386 g/mol. The van der Waals surface area contributed by atoms with Gasteiger partial charge in [0.25, 0.3) is 11.1 Å². The zero-order valence-electron chi connectivity index (χ0n) is 16.2. The van der Waals surface area contributed by atoms with Crippen LogP contribution in [0.2, 0.25) is 0 Å². The molecule has 0 N–H and O–H groups in total. The van der Waals surface area contributed by atoms with Crippen molar-refractivity contribution in [2.24, 2.45) is 0 Å². The van der Waals surface area contributed by atoms with Crippen molar-refractivity contribution >= 4 is 40.2 Å². The van der Waals surface area contributed by atoms with Crippen LogP contribution < -0.4 is 4.90 Å². The van der Waals surface area contributed by atoms with Gasteiger partial charge in [0.05, 0.1) is 16.5 Å². The van der Waals surface area contributed by atoms with Crippen LogP contribution in [0, 0.1) is 5.82 Å². The van der Waals surface area contributed by atoms with E-state index in [1.54, 1.807) is 13.0 Å². The number of carbonyl (C=O) groups is 2. The Morgan fingerprint density at radius 3 is 2.59 bits per heavy atom. The van der Waals surface area contributed by atoms with Gasteiger partial charge in [-0.15, -0.1) is 6.58 Å². The smallest absolute Gasteiger partial charge is 0.294 e. The number of likely N-dealkylation sites (N-methyl/N-ethyl adjacent to an activating group) is 1. The summed E-state index contributed by atoms with van der Waals surface area (Å²) >= 11 is 0.827. The van der Waals surface area contributed by atoms with Gasteiger partial charge in [0.2, 0.25) is 0 Å². The summed E-state index contributed by atoms with van der Waals surface area (Å²) in [4.78, 5) is 28.1. The third-order valence-electron chi connectivity index (χ3n) is 5.19. The lowest BCUT2D eigenvalue weighted by molar-refractivity contribution is -0.123. The lowest BCUT2D eigenvalue weighted by Gasteiger charge is -2.40. The van der Waals surface area contributed by atoms with Crippen LogP contribution in [0.5, 0.6) is 0 Å². The van der Waals surface area contributed by atoms with Crippen LogP contribution in [0.25, 0.3) is 11.6 Å². The van der Waals surface area contributed by atoms with E-state index < -0.39 is 17.8 Å². The van der Waals surface area contributed by atoms with Gasteiger partial charge in [-0.25, -0.2) is 4.39 Å². The Morgan fingerprint density at radius 1 is 1.30 bits per heavy atom. The number of anilines is 1. The van der Waals surface area contributed by atoms with E-state index in [1.165, 1.54) is 18.2 Å². The molecule has 2 aliphatic rings. The molecule has 1 aromatic rings. The molecule has 2 heterocycles. The number of carbonyl (C=O) groups excluding carboxylic acids is 2. The topological polar surface area (TPSA) is 40.6 Å². The molecule has 1 atom stereocenters. The van der Waals surface area contributed by atoms with E-state index in [-0.39, 0.29) is 15.7 Å². The van der Waals surface area contributed by atoms with Gasteiger partial charge < -0.3 is 4.90 Å². The average Bonchev–Trinajstić information content (AvgIpc) is 2.87. The van der Waals surface area contributed by atoms with E-state index in [4.69, 9.17) is 0 Å². The molecule has 3 rings (SSSR count). The van der Waals surface area contributed by atoms with Crippen molar-refractivity contribution in [3.8, 4) is 0 Å². The van der Waals surface area contributed by atoms with Crippen molar-refractivity contribution in [3.05, 3.63) is 52.7 Å². The second kappa shape index (κ2) is 6.68. The fraction of sp³-hybridized carbons (Fsp3) is 0.333. The Bertz CT molecular complexity index is 917. The van der Waals surface area contributed by atoms with E-state index in [9.17, 15) is 14.0 Å². The van der Waals surface area contributed by atoms with Crippen molar-refractivity contribution in [1.82, 2.24) is 4.90 Å². The highest BCUT2D eigenvalue weighted by Crippen LogP contribution is 2.40. The van der Waals surface area contributed by atoms with Gasteiger partial charge in [0, 0.05) is 23.9 Å². The van der Waals surface area contributed by atoms with Crippen molar-refractivity contribution < 1.29 is 14.0 Å². The van der Waals surface area contributed by atoms with Crippen molar-refractivity contribution in [1.29, 1.82) is 0 Å². The van der Waals surface area contributed by atoms with E-state index in [0.29, 0.717) is 5.56 Å². The fourth-order valence-electron chi connectivity index (χ4n) is 3.38. The minimum atomic E-state index is -0.422. The summed E-state index contributed by atoms with van der Waals surface area (Å²) in [7, 11) is 1.93. The predicted octanol–water partition coefficient (Wildman–Crippen LogP) is 5.07. The summed E-state index contributed by atoms with van der Waals surface area (Å²) in [5.41, 5.74) is 2.86. The second-order valence-corrected chi connectivity index (χ2v) is 8.45. The Kier molecular flexibility index (Phi) is 4.80. The highest BCUT2D eigenvalue weighted by molar-refractivity contribution is 8.18. The Hall–Kier alpha value is -2.34. The van der Waals surface area contributed by atoms with Crippen molar-refractivity contribution in [2.75, 3.05) is 11.9 Å². The number of hydrogen-bond acceptors (Lipinski definition) is 4. The molecule has 1 saturated heterocycles. The summed E-state index contributed by atoms with van der Waals surface area (Å²) in [5, 5.41) is -0.366. The zero-order chi connectivity index (χ0) is 20.1. The maximum absolute atomic E-state index is 14.8. The molecule has 1 fully saturated rings. The number of allylic oxidation sites excluding steroid dienone is 1. The van der Waals surface area contributed by atoms with E-state index in [2.05, 4.69) is 26.5 Å². The highest BCUT2D eigenvalue weighted by Gasteiger charge is 2.37. The van der Waals surface area contributed by atoms with Crippen LogP contribution in [0.15, 0.2) is 35.8 Å². The molecule has 4 nitrogen and oxygen atoms in total. The SMILES string of the molecule is C=CC(C)N1C(=O)S/C(=C/c2cc3c(cc2F)N(C)C(C)(C)C=C3C)C1=O. The van der Waals surface area contributed by atoms with Crippen LogP contribution in [0.1, 0.15) is 38.8 Å². The number of fused-ring (bicyclic) bond motifs is 1. The first kappa shape index (κ1) is 19.4. The monoisotopic (exact) mass is 386 g/mol. The molecule has 0 spiro atoms. The minimum absolute atomic E-state index is 0.214. The highest BCUT2D eigenvalue weighted by atomic mass is 32.2. The number of benzene rings is 1. The number of halogens is 1. The zero-order valence-corrected chi connectivity index (χ0v) is 17.0. The molecule has 0 bridgehead atoms. The first-order valence-electron chi connectivity index (χ1n) is 8.73. The van der Waals surface area contributed by atoms with E-state index in [1.807, 2.05) is 18.9 Å².